The van der Waals surface area contributed by atoms with Crippen molar-refractivity contribution in [2.45, 2.75) is 12.8 Å². The van der Waals surface area contributed by atoms with E-state index in [0.29, 0.717) is 30.9 Å². The molecular formula is C14H16N2O2. The van der Waals surface area contributed by atoms with Gasteiger partial charge in [-0.3, -0.25) is 4.79 Å². The average Bonchev–Trinajstić information content (AvgIpc) is 2.39. The fourth-order valence-corrected chi connectivity index (χ4v) is 1.29. The summed E-state index contributed by atoms with van der Waals surface area (Å²) >= 11 is 0. The Morgan fingerprint density at radius 1 is 1.39 bits per heavy atom. The number of ether oxygens (including phenoxy) is 1. The number of carbonyl (C=O) groups is 1. The predicted molar refractivity (Wildman–Crippen MR) is 70.0 cm³/mol. The van der Waals surface area contributed by atoms with E-state index in [1.54, 1.807) is 30.3 Å². The Morgan fingerprint density at radius 2 is 2.11 bits per heavy atom. The number of nitrogens with zero attached hydrogens (tertiary/aromatic N) is 1. The van der Waals surface area contributed by atoms with Crippen LogP contribution in [0.2, 0.25) is 0 Å². The highest BCUT2D eigenvalue weighted by molar-refractivity contribution is 5.90. The van der Waals surface area contributed by atoms with E-state index < -0.39 is 0 Å². The van der Waals surface area contributed by atoms with Crippen LogP contribution in [-0.4, -0.2) is 19.1 Å². The molecule has 0 atom stereocenters. The number of hydrogen-bond acceptors (Lipinski definition) is 3. The number of nitrogens with one attached hydrogen (secondary N) is 1. The SMILES string of the molecule is C=CCCOCCC(=O)Nc1ccc(C#N)cc1. The lowest BCUT2D eigenvalue weighted by Gasteiger charge is -2.05. The first kappa shape index (κ1) is 13.9. The largest absolute Gasteiger partial charge is 0.381 e. The summed E-state index contributed by atoms with van der Waals surface area (Å²) in [6, 6.07) is 8.75. The minimum Gasteiger partial charge on any atom is -0.381 e. The second kappa shape index (κ2) is 8.04. The van der Waals surface area contributed by atoms with Crippen LogP contribution in [0.15, 0.2) is 36.9 Å². The van der Waals surface area contributed by atoms with Crippen molar-refractivity contribution in [1.82, 2.24) is 0 Å². The summed E-state index contributed by atoms with van der Waals surface area (Å²) in [5.74, 6) is -0.0988. The maximum absolute atomic E-state index is 11.5. The van der Waals surface area contributed by atoms with Gasteiger partial charge in [0.1, 0.15) is 0 Å². The smallest absolute Gasteiger partial charge is 0.226 e. The van der Waals surface area contributed by atoms with E-state index in [0.717, 1.165) is 6.42 Å². The summed E-state index contributed by atoms with van der Waals surface area (Å²) in [6.45, 7) is 4.57. The summed E-state index contributed by atoms with van der Waals surface area (Å²) in [7, 11) is 0. The van der Waals surface area contributed by atoms with E-state index >= 15 is 0 Å². The van der Waals surface area contributed by atoms with Gasteiger partial charge in [-0.2, -0.15) is 5.26 Å². The third-order valence-corrected chi connectivity index (χ3v) is 2.24. The Hall–Kier alpha value is -2.12. The highest BCUT2D eigenvalue weighted by Crippen LogP contribution is 2.08. The molecule has 0 aliphatic rings. The fraction of sp³-hybridized carbons (Fsp3) is 0.286. The van der Waals surface area contributed by atoms with E-state index in [9.17, 15) is 4.79 Å². The standard InChI is InChI=1S/C14H16N2O2/c1-2-3-9-18-10-8-14(17)16-13-6-4-12(11-15)5-7-13/h2,4-7H,1,3,8-10H2,(H,16,17). The van der Waals surface area contributed by atoms with Crippen LogP contribution in [0.25, 0.3) is 0 Å². The summed E-state index contributed by atoms with van der Waals surface area (Å²) in [6.07, 6.45) is 2.88. The normalized spacial score (nSPS) is 9.50. The summed E-state index contributed by atoms with van der Waals surface area (Å²) in [4.78, 5) is 11.5. The number of benzene rings is 1. The van der Waals surface area contributed by atoms with Gasteiger partial charge in [-0.15, -0.1) is 6.58 Å². The number of rotatable bonds is 7. The van der Waals surface area contributed by atoms with Crippen LogP contribution in [0.5, 0.6) is 0 Å². The summed E-state index contributed by atoms with van der Waals surface area (Å²) < 4.78 is 5.24. The zero-order chi connectivity index (χ0) is 13.2. The van der Waals surface area contributed by atoms with Crippen molar-refractivity contribution in [1.29, 1.82) is 5.26 Å². The first-order valence-electron chi connectivity index (χ1n) is 5.75. The molecular weight excluding hydrogens is 228 g/mol. The van der Waals surface area contributed by atoms with Crippen molar-refractivity contribution >= 4 is 11.6 Å². The Balaban J connectivity index is 2.27. The molecule has 1 rings (SSSR count). The van der Waals surface area contributed by atoms with Crippen molar-refractivity contribution in [2.24, 2.45) is 0 Å². The molecule has 0 radical (unpaired) electrons. The second-order valence-electron chi connectivity index (χ2n) is 3.68. The molecule has 0 saturated heterocycles. The van der Waals surface area contributed by atoms with Crippen LogP contribution in [0.4, 0.5) is 5.69 Å². The van der Waals surface area contributed by atoms with E-state index in [1.807, 2.05) is 6.07 Å². The molecule has 0 heterocycles. The van der Waals surface area contributed by atoms with Crippen molar-refractivity contribution in [3.63, 3.8) is 0 Å². The monoisotopic (exact) mass is 244 g/mol. The van der Waals surface area contributed by atoms with Gasteiger partial charge in [0.15, 0.2) is 0 Å². The third kappa shape index (κ3) is 5.28. The van der Waals surface area contributed by atoms with Gasteiger partial charge in [-0.25, -0.2) is 0 Å². The minimum absolute atomic E-state index is 0.0988. The van der Waals surface area contributed by atoms with E-state index in [4.69, 9.17) is 10.00 Å². The van der Waals surface area contributed by atoms with Crippen LogP contribution >= 0.6 is 0 Å². The maximum Gasteiger partial charge on any atom is 0.226 e. The molecule has 0 aromatic heterocycles. The van der Waals surface area contributed by atoms with Crippen molar-refractivity contribution < 1.29 is 9.53 Å². The van der Waals surface area contributed by atoms with Gasteiger partial charge >= 0.3 is 0 Å². The lowest BCUT2D eigenvalue weighted by atomic mass is 10.2. The predicted octanol–water partition coefficient (Wildman–Crippen LogP) is 2.48. The molecule has 0 aliphatic heterocycles. The maximum atomic E-state index is 11.5. The quantitative estimate of drug-likeness (QED) is 0.592. The first-order chi connectivity index (χ1) is 8.76. The van der Waals surface area contributed by atoms with Crippen molar-refractivity contribution in [2.75, 3.05) is 18.5 Å². The molecule has 0 spiro atoms. The van der Waals surface area contributed by atoms with Crippen LogP contribution in [0, 0.1) is 11.3 Å². The first-order valence-corrected chi connectivity index (χ1v) is 5.75. The molecule has 0 aliphatic carbocycles. The molecule has 18 heavy (non-hydrogen) atoms. The zero-order valence-corrected chi connectivity index (χ0v) is 10.2. The van der Waals surface area contributed by atoms with Crippen LogP contribution in [0.3, 0.4) is 0 Å². The highest BCUT2D eigenvalue weighted by atomic mass is 16.5. The second-order valence-corrected chi connectivity index (χ2v) is 3.68. The molecule has 1 amide bonds. The molecule has 0 fully saturated rings. The van der Waals surface area contributed by atoms with Gasteiger partial charge in [0.25, 0.3) is 0 Å². The van der Waals surface area contributed by atoms with E-state index in [-0.39, 0.29) is 5.91 Å². The van der Waals surface area contributed by atoms with Gasteiger partial charge in [0.2, 0.25) is 5.91 Å². The molecule has 0 bridgehead atoms. The lowest BCUT2D eigenvalue weighted by Crippen LogP contribution is -2.14. The van der Waals surface area contributed by atoms with E-state index in [2.05, 4.69) is 11.9 Å². The number of amides is 1. The van der Waals surface area contributed by atoms with Crippen molar-refractivity contribution in [3.8, 4) is 6.07 Å². The number of nitriles is 1. The number of hydrogen-bond donors (Lipinski definition) is 1. The third-order valence-electron chi connectivity index (χ3n) is 2.24. The lowest BCUT2D eigenvalue weighted by molar-refractivity contribution is -0.117. The Kier molecular flexibility index (Phi) is 6.23. The molecule has 94 valence electrons. The highest BCUT2D eigenvalue weighted by Gasteiger charge is 2.02. The van der Waals surface area contributed by atoms with Gasteiger partial charge in [-0.05, 0) is 30.7 Å². The van der Waals surface area contributed by atoms with Crippen LogP contribution < -0.4 is 5.32 Å². The Bertz CT molecular complexity index is 432. The zero-order valence-electron chi connectivity index (χ0n) is 10.2. The van der Waals surface area contributed by atoms with E-state index in [1.165, 1.54) is 0 Å². The number of carbonyl (C=O) groups excluding carboxylic acids is 1. The minimum atomic E-state index is -0.0988. The molecule has 1 N–H and O–H groups in total. The fourth-order valence-electron chi connectivity index (χ4n) is 1.29. The topological polar surface area (TPSA) is 62.1 Å². The molecule has 1 aromatic carbocycles. The molecule has 0 unspecified atom stereocenters. The van der Waals surface area contributed by atoms with Gasteiger partial charge in [-0.1, -0.05) is 6.08 Å². The van der Waals surface area contributed by atoms with Gasteiger partial charge in [0, 0.05) is 5.69 Å². The van der Waals surface area contributed by atoms with Crippen molar-refractivity contribution in [3.05, 3.63) is 42.5 Å². The molecule has 4 heteroatoms. The molecule has 1 aromatic rings. The average molecular weight is 244 g/mol. The Morgan fingerprint density at radius 3 is 2.72 bits per heavy atom. The molecule has 4 nitrogen and oxygen atoms in total. The van der Waals surface area contributed by atoms with Gasteiger partial charge < -0.3 is 10.1 Å². The molecule has 0 saturated carbocycles. The summed E-state index contributed by atoms with van der Waals surface area (Å²) in [5.41, 5.74) is 1.26. The van der Waals surface area contributed by atoms with Gasteiger partial charge in [0.05, 0.1) is 31.3 Å². The Labute approximate surface area is 107 Å². The van der Waals surface area contributed by atoms with Crippen LogP contribution in [-0.2, 0) is 9.53 Å². The summed E-state index contributed by atoms with van der Waals surface area (Å²) in [5, 5.41) is 11.4. The number of anilines is 1. The van der Waals surface area contributed by atoms with Crippen LogP contribution in [0.1, 0.15) is 18.4 Å².